The highest BCUT2D eigenvalue weighted by Gasteiger charge is 2.38. The summed E-state index contributed by atoms with van der Waals surface area (Å²) in [5.74, 6) is 0.102. The summed E-state index contributed by atoms with van der Waals surface area (Å²) in [6.07, 6.45) is 22.3. The van der Waals surface area contributed by atoms with E-state index in [9.17, 15) is 19.2 Å². The standard InChI is InChI=1S/C62H98N4O9S2/c1-3-5-7-9-11-13-15-17-28-38-58(67)74-48-55(75-59(68)39-29-18-16-14-12-10-8-6-4-2)49-76-50-56(63)60(69)65-40-30-42-71-44-46-73-47-45-72-43-31-41-66-61(70)57(64)51-77-62(52-32-22-19-23-33-52,53-34-24-20-25-35-53)54-36-26-21-27-37-54/h19-27,32-37,55-57H,3-18,28-31,38-51,63-64H2,1-2H3,(H,65,69)(H,66,70)/t55-,56+,57?/m1/s1. The van der Waals surface area contributed by atoms with Crippen LogP contribution in [0.25, 0.3) is 0 Å². The van der Waals surface area contributed by atoms with Crippen LogP contribution in [-0.4, -0.2) is 119 Å². The quantitative estimate of drug-likeness (QED) is 0.0238. The van der Waals surface area contributed by atoms with Crippen molar-refractivity contribution in [2.24, 2.45) is 11.5 Å². The summed E-state index contributed by atoms with van der Waals surface area (Å²) in [6, 6.07) is 29.6. The third kappa shape index (κ3) is 30.8. The van der Waals surface area contributed by atoms with Crippen molar-refractivity contribution in [1.29, 1.82) is 0 Å². The number of carbonyl (C=O) groups excluding carboxylic acids is 4. The van der Waals surface area contributed by atoms with Gasteiger partial charge < -0.3 is 45.8 Å². The van der Waals surface area contributed by atoms with Gasteiger partial charge in [0, 0.05) is 56.4 Å². The smallest absolute Gasteiger partial charge is 0.306 e. The van der Waals surface area contributed by atoms with Crippen molar-refractivity contribution in [3.8, 4) is 0 Å². The lowest BCUT2D eigenvalue weighted by molar-refractivity contribution is -0.157. The third-order valence-corrected chi connectivity index (χ3v) is 16.1. The van der Waals surface area contributed by atoms with Gasteiger partial charge >= 0.3 is 11.9 Å². The normalized spacial score (nSPS) is 12.7. The van der Waals surface area contributed by atoms with Crippen molar-refractivity contribution < 1.29 is 42.9 Å². The van der Waals surface area contributed by atoms with E-state index < -0.39 is 22.9 Å². The van der Waals surface area contributed by atoms with Gasteiger partial charge in [0.25, 0.3) is 0 Å². The number of ether oxygens (including phenoxy) is 5. The zero-order chi connectivity index (χ0) is 55.3. The van der Waals surface area contributed by atoms with Crippen LogP contribution in [0.15, 0.2) is 91.0 Å². The molecule has 77 heavy (non-hydrogen) atoms. The fourth-order valence-electron chi connectivity index (χ4n) is 8.82. The molecule has 0 saturated heterocycles. The number of benzene rings is 3. The van der Waals surface area contributed by atoms with Gasteiger partial charge in [-0.25, -0.2) is 0 Å². The zero-order valence-electron chi connectivity index (χ0n) is 47.1. The molecule has 3 atom stereocenters. The summed E-state index contributed by atoms with van der Waals surface area (Å²) in [5.41, 5.74) is 16.1. The Morgan fingerprint density at radius 2 is 0.844 bits per heavy atom. The molecule has 2 amide bonds. The Balaban J connectivity index is 1.22. The summed E-state index contributed by atoms with van der Waals surface area (Å²) in [5, 5.41) is 5.85. The van der Waals surface area contributed by atoms with Gasteiger partial charge in [0.2, 0.25) is 11.8 Å². The summed E-state index contributed by atoms with van der Waals surface area (Å²) in [6.45, 7) is 7.92. The van der Waals surface area contributed by atoms with E-state index in [4.69, 9.17) is 35.2 Å². The minimum Gasteiger partial charge on any atom is -0.462 e. The first-order valence-corrected chi connectivity index (χ1v) is 31.4. The molecular weight excluding hydrogens is 1010 g/mol. The van der Waals surface area contributed by atoms with Crippen molar-refractivity contribution in [1.82, 2.24) is 10.6 Å². The van der Waals surface area contributed by atoms with Crippen LogP contribution in [0, 0.1) is 0 Å². The zero-order valence-corrected chi connectivity index (χ0v) is 48.7. The number of nitrogens with one attached hydrogen (secondary N) is 2. The van der Waals surface area contributed by atoms with Gasteiger partial charge in [-0.1, -0.05) is 208 Å². The molecule has 3 rings (SSSR count). The van der Waals surface area contributed by atoms with Crippen LogP contribution < -0.4 is 22.1 Å². The van der Waals surface area contributed by atoms with Crippen molar-refractivity contribution >= 4 is 47.3 Å². The molecule has 3 aromatic carbocycles. The lowest BCUT2D eigenvalue weighted by Crippen LogP contribution is -2.43. The highest BCUT2D eigenvalue weighted by molar-refractivity contribution is 8.00. The van der Waals surface area contributed by atoms with Gasteiger partial charge in [-0.15, -0.1) is 11.8 Å². The first-order chi connectivity index (χ1) is 37.7. The molecule has 0 bridgehead atoms. The monoisotopic (exact) mass is 1110 g/mol. The molecule has 432 valence electrons. The average Bonchev–Trinajstić information content (AvgIpc) is 3.46. The summed E-state index contributed by atoms with van der Waals surface area (Å²) in [7, 11) is 0. The van der Waals surface area contributed by atoms with Gasteiger partial charge in [-0.3, -0.25) is 19.2 Å². The first-order valence-electron chi connectivity index (χ1n) is 29.2. The number of esters is 2. The van der Waals surface area contributed by atoms with E-state index in [1.165, 1.54) is 88.8 Å². The topological polar surface area (TPSA) is 191 Å². The molecule has 0 aliphatic carbocycles. The van der Waals surface area contributed by atoms with Gasteiger partial charge in [0.1, 0.15) is 12.7 Å². The van der Waals surface area contributed by atoms with E-state index >= 15 is 0 Å². The van der Waals surface area contributed by atoms with E-state index in [0.717, 1.165) is 55.2 Å². The fourth-order valence-corrected chi connectivity index (χ4v) is 11.3. The van der Waals surface area contributed by atoms with E-state index in [1.54, 1.807) is 11.8 Å². The predicted molar refractivity (Wildman–Crippen MR) is 317 cm³/mol. The second-order valence-electron chi connectivity index (χ2n) is 19.9. The molecule has 0 aliphatic heterocycles. The molecule has 0 radical (unpaired) electrons. The van der Waals surface area contributed by atoms with Gasteiger partial charge in [-0.05, 0) is 42.4 Å². The number of amides is 2. The Hall–Kier alpha value is -3.96. The molecule has 15 heteroatoms. The molecular formula is C62H98N4O9S2. The minimum atomic E-state index is -0.747. The fraction of sp³-hybridized carbons (Fsp3) is 0.645. The highest BCUT2D eigenvalue weighted by Crippen LogP contribution is 2.48. The predicted octanol–water partition coefficient (Wildman–Crippen LogP) is 11.5. The Morgan fingerprint density at radius 1 is 0.468 bits per heavy atom. The van der Waals surface area contributed by atoms with E-state index in [1.807, 2.05) is 54.6 Å². The van der Waals surface area contributed by atoms with E-state index in [2.05, 4.69) is 60.9 Å². The van der Waals surface area contributed by atoms with Crippen molar-refractivity contribution in [3.63, 3.8) is 0 Å². The molecule has 0 fully saturated rings. The van der Waals surface area contributed by atoms with Crippen LogP contribution in [0.5, 0.6) is 0 Å². The van der Waals surface area contributed by atoms with Crippen LogP contribution in [0.2, 0.25) is 0 Å². The number of carbonyl (C=O) groups is 4. The molecule has 0 heterocycles. The Morgan fingerprint density at radius 3 is 1.27 bits per heavy atom. The third-order valence-electron chi connectivity index (χ3n) is 13.3. The molecule has 0 spiro atoms. The van der Waals surface area contributed by atoms with Gasteiger partial charge in [-0.2, -0.15) is 11.8 Å². The molecule has 13 nitrogen and oxygen atoms in total. The van der Waals surface area contributed by atoms with Crippen molar-refractivity contribution in [3.05, 3.63) is 108 Å². The number of hydrogen-bond donors (Lipinski definition) is 4. The average molecular weight is 1110 g/mol. The second-order valence-corrected chi connectivity index (χ2v) is 22.2. The largest absolute Gasteiger partial charge is 0.462 e. The molecule has 3 aromatic rings. The van der Waals surface area contributed by atoms with Gasteiger partial charge in [0.05, 0.1) is 43.3 Å². The SMILES string of the molecule is CCCCCCCCCCCC(=O)OC[C@H](CSC[C@H](N)C(=O)NCCCOCCOCCOCCCNC(=O)C(N)CSC(c1ccccc1)(c1ccccc1)c1ccccc1)OC(=O)CCCCCCCCCCC. The Labute approximate surface area is 472 Å². The summed E-state index contributed by atoms with van der Waals surface area (Å²) in [4.78, 5) is 51.3. The minimum absolute atomic E-state index is 0.00404. The molecule has 0 aromatic heterocycles. The molecule has 1 unspecified atom stereocenters. The first kappa shape index (κ1) is 67.3. The maximum Gasteiger partial charge on any atom is 0.306 e. The highest BCUT2D eigenvalue weighted by atomic mass is 32.2. The van der Waals surface area contributed by atoms with Crippen molar-refractivity contribution in [2.75, 3.05) is 76.6 Å². The number of thioether (sulfide) groups is 2. The number of nitrogens with two attached hydrogens (primary N) is 2. The van der Waals surface area contributed by atoms with E-state index in [-0.39, 0.29) is 30.4 Å². The number of rotatable bonds is 49. The Kier molecular flexibility index (Phi) is 39.2. The van der Waals surface area contributed by atoms with Crippen LogP contribution >= 0.6 is 23.5 Å². The lowest BCUT2D eigenvalue weighted by atomic mass is 9.84. The maximum absolute atomic E-state index is 13.1. The summed E-state index contributed by atoms with van der Waals surface area (Å²) < 4.78 is 27.9. The van der Waals surface area contributed by atoms with Crippen LogP contribution in [0.1, 0.15) is 172 Å². The van der Waals surface area contributed by atoms with Crippen molar-refractivity contribution in [2.45, 2.75) is 178 Å². The summed E-state index contributed by atoms with van der Waals surface area (Å²) >= 11 is 3.08. The second kappa shape index (κ2) is 44.8. The number of hydrogen-bond acceptors (Lipinski definition) is 13. The maximum atomic E-state index is 13.1. The van der Waals surface area contributed by atoms with Crippen LogP contribution in [0.3, 0.4) is 0 Å². The molecule has 0 aliphatic rings. The van der Waals surface area contributed by atoms with Crippen LogP contribution in [-0.2, 0) is 47.6 Å². The Bertz CT molecular complexity index is 1840. The van der Waals surface area contributed by atoms with Gasteiger partial charge in [0.15, 0.2) is 0 Å². The molecule has 6 N–H and O–H groups in total. The molecule has 0 saturated carbocycles. The van der Waals surface area contributed by atoms with E-state index in [0.29, 0.717) is 95.7 Å². The number of unbranched alkanes of at least 4 members (excludes halogenated alkanes) is 16. The van der Waals surface area contributed by atoms with Crippen LogP contribution in [0.4, 0.5) is 0 Å². The lowest BCUT2D eigenvalue weighted by Gasteiger charge is -2.36.